The number of urea groups is 1. The number of aromatic amines is 1. The molecular formula is C23H21ClFN5O3. The summed E-state index contributed by atoms with van der Waals surface area (Å²) in [5.74, 6) is -0.627. The van der Waals surface area contributed by atoms with Crippen molar-refractivity contribution in [3.63, 3.8) is 0 Å². The number of nitrogens with zero attached hydrogens (tertiary/aromatic N) is 2. The Morgan fingerprint density at radius 2 is 2.03 bits per heavy atom. The summed E-state index contributed by atoms with van der Waals surface area (Å²) in [6.07, 6.45) is 0.931. The summed E-state index contributed by atoms with van der Waals surface area (Å²) < 4.78 is 14.9. The molecule has 3 aromatic rings. The van der Waals surface area contributed by atoms with E-state index in [9.17, 15) is 19.1 Å². The zero-order valence-corrected chi connectivity index (χ0v) is 18.1. The van der Waals surface area contributed by atoms with Crippen LogP contribution in [0.1, 0.15) is 41.9 Å². The van der Waals surface area contributed by atoms with Gasteiger partial charge in [0.25, 0.3) is 5.56 Å². The van der Waals surface area contributed by atoms with E-state index in [1.54, 1.807) is 29.2 Å². The lowest BCUT2D eigenvalue weighted by Crippen LogP contribution is -2.45. The molecule has 1 unspecified atom stereocenters. The van der Waals surface area contributed by atoms with E-state index in [-0.39, 0.29) is 28.4 Å². The van der Waals surface area contributed by atoms with Crippen molar-refractivity contribution < 1.29 is 14.3 Å². The van der Waals surface area contributed by atoms with Gasteiger partial charge in [-0.3, -0.25) is 4.79 Å². The lowest BCUT2D eigenvalue weighted by molar-refractivity contribution is 0.177. The predicted octanol–water partition coefficient (Wildman–Crippen LogP) is 3.47. The lowest BCUT2D eigenvalue weighted by Gasteiger charge is -2.35. The zero-order chi connectivity index (χ0) is 23.3. The summed E-state index contributed by atoms with van der Waals surface area (Å²) in [5.41, 5.74) is 8.30. The molecule has 0 saturated carbocycles. The molecule has 10 heteroatoms. The number of aromatic nitrogens is 2. The first kappa shape index (κ1) is 21.6. The fourth-order valence-corrected chi connectivity index (χ4v) is 4.99. The van der Waals surface area contributed by atoms with E-state index in [1.165, 1.54) is 18.2 Å². The van der Waals surface area contributed by atoms with Crippen molar-refractivity contribution in [1.82, 2.24) is 15.1 Å². The molecule has 1 saturated heterocycles. The number of halogens is 2. The third kappa shape index (κ3) is 3.88. The van der Waals surface area contributed by atoms with E-state index in [0.29, 0.717) is 28.8 Å². The highest BCUT2D eigenvalue weighted by atomic mass is 35.5. The lowest BCUT2D eigenvalue weighted by atomic mass is 9.99. The third-order valence-electron chi connectivity index (χ3n) is 6.29. The normalized spacial score (nSPS) is 19.8. The second-order valence-electron chi connectivity index (χ2n) is 8.31. The summed E-state index contributed by atoms with van der Waals surface area (Å²) in [4.78, 5) is 26.4. The molecule has 2 aliphatic heterocycles. The van der Waals surface area contributed by atoms with Crippen LogP contribution in [-0.4, -0.2) is 32.3 Å². The number of H-pyrrole nitrogens is 1. The van der Waals surface area contributed by atoms with Crippen LogP contribution in [0, 0.1) is 5.82 Å². The van der Waals surface area contributed by atoms with Crippen LogP contribution in [0.2, 0.25) is 5.02 Å². The Morgan fingerprint density at radius 3 is 2.76 bits per heavy atom. The number of hydrogen-bond acceptors (Lipinski definition) is 5. The summed E-state index contributed by atoms with van der Waals surface area (Å²) in [6, 6.07) is 10.0. The van der Waals surface area contributed by atoms with Gasteiger partial charge in [0.2, 0.25) is 0 Å². The molecule has 5 rings (SSSR count). The monoisotopic (exact) mass is 469 g/mol. The van der Waals surface area contributed by atoms with Crippen LogP contribution in [0.4, 0.5) is 14.9 Å². The number of fused-ring (bicyclic) bond motifs is 4. The van der Waals surface area contributed by atoms with Crippen molar-refractivity contribution >= 4 is 23.3 Å². The van der Waals surface area contributed by atoms with Gasteiger partial charge in [0.1, 0.15) is 12.0 Å². The molecule has 1 fully saturated rings. The van der Waals surface area contributed by atoms with Crippen molar-refractivity contribution in [2.45, 2.75) is 37.6 Å². The highest BCUT2D eigenvalue weighted by molar-refractivity contribution is 6.33. The Morgan fingerprint density at radius 1 is 1.27 bits per heavy atom. The second-order valence-corrected chi connectivity index (χ2v) is 8.72. The number of anilines is 1. The van der Waals surface area contributed by atoms with Crippen LogP contribution in [0.25, 0.3) is 11.1 Å². The van der Waals surface area contributed by atoms with E-state index >= 15 is 0 Å². The number of carbonyl (C=O) groups is 1. The molecule has 3 heterocycles. The zero-order valence-electron chi connectivity index (χ0n) is 17.4. The number of nitrogens with one attached hydrogen (secondary N) is 2. The van der Waals surface area contributed by atoms with Crippen LogP contribution < -0.4 is 16.6 Å². The van der Waals surface area contributed by atoms with Crippen molar-refractivity contribution in [2.24, 2.45) is 5.73 Å². The number of aliphatic hydroxyl groups is 1. The SMILES string of the molecule is NC(O)c1ccc(-c2cc(F)c(NC(=O)N3[C@H]4CC[C@@H]3c3n[nH]c(=O)cc3C4)cc2Cl)cc1. The van der Waals surface area contributed by atoms with Crippen LogP contribution in [0.3, 0.4) is 0 Å². The Balaban J connectivity index is 1.39. The van der Waals surface area contributed by atoms with E-state index in [2.05, 4.69) is 15.5 Å². The standard InChI is InChI=1S/C23H21ClFN5O3/c24-16-10-18(17(25)9-15(16)11-1-3-12(4-2-11)22(26)32)27-23(33)30-14-5-6-19(30)21-13(7-14)8-20(31)28-29-21/h1-4,8-10,14,19,22,32H,5-7,26H2,(H,27,33)(H,28,31)/t14-,19+,22?/m0/s1. The number of hydrogen-bond donors (Lipinski definition) is 4. The van der Waals surface area contributed by atoms with E-state index in [0.717, 1.165) is 18.4 Å². The molecule has 170 valence electrons. The summed E-state index contributed by atoms with van der Waals surface area (Å²) in [6.45, 7) is 0. The predicted molar refractivity (Wildman–Crippen MR) is 121 cm³/mol. The van der Waals surface area contributed by atoms with Crippen LogP contribution in [0.5, 0.6) is 0 Å². The second kappa shape index (κ2) is 8.26. The van der Waals surface area contributed by atoms with E-state index < -0.39 is 18.1 Å². The maximum Gasteiger partial charge on any atom is 0.322 e. The van der Waals surface area contributed by atoms with Crippen LogP contribution >= 0.6 is 11.6 Å². The molecule has 8 nitrogen and oxygen atoms in total. The minimum Gasteiger partial charge on any atom is -0.375 e. The number of aliphatic hydroxyl groups excluding tert-OH is 1. The van der Waals surface area contributed by atoms with Crippen LogP contribution in [-0.2, 0) is 6.42 Å². The fourth-order valence-electron chi connectivity index (χ4n) is 4.72. The van der Waals surface area contributed by atoms with Crippen molar-refractivity contribution in [3.8, 4) is 11.1 Å². The minimum absolute atomic E-state index is 0.0256. The third-order valence-corrected chi connectivity index (χ3v) is 6.60. The van der Waals surface area contributed by atoms with Gasteiger partial charge in [-0.05, 0) is 48.1 Å². The van der Waals surface area contributed by atoms with Gasteiger partial charge in [-0.1, -0.05) is 35.9 Å². The van der Waals surface area contributed by atoms with Crippen LogP contribution in [0.15, 0.2) is 47.3 Å². The Kier molecular flexibility index (Phi) is 5.40. The summed E-state index contributed by atoms with van der Waals surface area (Å²) in [5, 5.41) is 18.9. The Hall–Kier alpha value is -3.27. The molecule has 0 radical (unpaired) electrons. The molecular weight excluding hydrogens is 449 g/mol. The maximum atomic E-state index is 14.9. The molecule has 5 N–H and O–H groups in total. The largest absolute Gasteiger partial charge is 0.375 e. The quantitative estimate of drug-likeness (QED) is 0.437. The van der Waals surface area contributed by atoms with Gasteiger partial charge in [0.05, 0.1) is 22.4 Å². The Labute approximate surface area is 193 Å². The average molecular weight is 470 g/mol. The first-order chi connectivity index (χ1) is 15.8. The Bertz CT molecular complexity index is 1290. The fraction of sp³-hybridized carbons (Fsp3) is 0.261. The van der Waals surface area contributed by atoms with Gasteiger partial charge < -0.3 is 21.1 Å². The summed E-state index contributed by atoms with van der Waals surface area (Å²) in [7, 11) is 0. The first-order valence-corrected chi connectivity index (χ1v) is 10.9. The topological polar surface area (TPSA) is 124 Å². The number of carbonyl (C=O) groups excluding carboxylic acids is 1. The number of amides is 2. The molecule has 33 heavy (non-hydrogen) atoms. The van der Waals surface area contributed by atoms with Gasteiger partial charge in [0.15, 0.2) is 0 Å². The highest BCUT2D eigenvalue weighted by Gasteiger charge is 2.44. The molecule has 0 spiro atoms. The highest BCUT2D eigenvalue weighted by Crippen LogP contribution is 2.42. The van der Waals surface area contributed by atoms with Crippen molar-refractivity contribution in [1.29, 1.82) is 0 Å². The minimum atomic E-state index is -1.10. The smallest absolute Gasteiger partial charge is 0.322 e. The maximum absolute atomic E-state index is 14.9. The molecule has 1 aromatic heterocycles. The first-order valence-electron chi connectivity index (χ1n) is 10.5. The van der Waals surface area contributed by atoms with Gasteiger partial charge >= 0.3 is 6.03 Å². The average Bonchev–Trinajstić information content (AvgIpc) is 3.11. The molecule has 2 amide bonds. The van der Waals surface area contributed by atoms with E-state index in [4.69, 9.17) is 17.3 Å². The molecule has 0 aliphatic carbocycles. The van der Waals surface area contributed by atoms with Gasteiger partial charge in [-0.2, -0.15) is 5.10 Å². The van der Waals surface area contributed by atoms with Crippen molar-refractivity contribution in [2.75, 3.05) is 5.32 Å². The number of benzene rings is 2. The van der Waals surface area contributed by atoms with Gasteiger partial charge in [0, 0.05) is 17.7 Å². The molecule has 2 aromatic carbocycles. The van der Waals surface area contributed by atoms with Crippen molar-refractivity contribution in [3.05, 3.63) is 80.5 Å². The van der Waals surface area contributed by atoms with E-state index in [1.807, 2.05) is 0 Å². The number of rotatable bonds is 3. The molecule has 3 atom stereocenters. The molecule has 2 bridgehead atoms. The summed E-state index contributed by atoms with van der Waals surface area (Å²) >= 11 is 6.41. The van der Waals surface area contributed by atoms with Gasteiger partial charge in [-0.25, -0.2) is 14.3 Å². The van der Waals surface area contributed by atoms with Gasteiger partial charge in [-0.15, -0.1) is 0 Å². The molecule has 2 aliphatic rings. The number of nitrogens with two attached hydrogens (primary N) is 1.